The Morgan fingerprint density at radius 3 is 2.87 bits per heavy atom. The fourth-order valence-corrected chi connectivity index (χ4v) is 1.54. The van der Waals surface area contributed by atoms with Gasteiger partial charge in [0.05, 0.1) is 6.61 Å². The maximum atomic E-state index is 9.21. The van der Waals surface area contributed by atoms with E-state index in [1.165, 1.54) is 0 Å². The molecule has 0 amide bonds. The van der Waals surface area contributed by atoms with Gasteiger partial charge in [0.1, 0.15) is 0 Å². The summed E-state index contributed by atoms with van der Waals surface area (Å²) >= 11 is 0. The van der Waals surface area contributed by atoms with Gasteiger partial charge >= 0.3 is 0 Å². The van der Waals surface area contributed by atoms with Gasteiger partial charge in [0, 0.05) is 36.7 Å². The van der Waals surface area contributed by atoms with Crippen LogP contribution in [-0.2, 0) is 6.61 Å². The zero-order valence-electron chi connectivity index (χ0n) is 9.40. The monoisotopic (exact) mass is 206 g/mol. The molecule has 0 saturated heterocycles. The fraction of sp³-hybridized carbons (Fsp3) is 0.417. The first-order valence-electron chi connectivity index (χ1n) is 5.12. The van der Waals surface area contributed by atoms with Crippen LogP contribution in [0.4, 0.5) is 5.69 Å². The largest absolute Gasteiger partial charge is 0.392 e. The SMILES string of the molecule is C=C(C)CN(CC)c1ccncc1CO. The van der Waals surface area contributed by atoms with Gasteiger partial charge in [-0.15, -0.1) is 0 Å². The van der Waals surface area contributed by atoms with E-state index in [1.54, 1.807) is 12.4 Å². The summed E-state index contributed by atoms with van der Waals surface area (Å²) in [5.74, 6) is 0. The van der Waals surface area contributed by atoms with E-state index >= 15 is 0 Å². The summed E-state index contributed by atoms with van der Waals surface area (Å²) in [4.78, 5) is 6.18. The van der Waals surface area contributed by atoms with E-state index in [0.29, 0.717) is 0 Å². The molecule has 0 aliphatic heterocycles. The molecule has 1 N–H and O–H groups in total. The Labute approximate surface area is 91.1 Å². The average Bonchev–Trinajstić information content (AvgIpc) is 2.25. The minimum Gasteiger partial charge on any atom is -0.392 e. The number of hydrogen-bond acceptors (Lipinski definition) is 3. The third-order valence-corrected chi connectivity index (χ3v) is 2.23. The minimum atomic E-state index is 0.0237. The molecule has 0 spiro atoms. The van der Waals surface area contributed by atoms with E-state index in [9.17, 15) is 5.11 Å². The first-order valence-corrected chi connectivity index (χ1v) is 5.12. The molecule has 0 radical (unpaired) electrons. The molecule has 0 aliphatic rings. The van der Waals surface area contributed by atoms with Crippen LogP contribution < -0.4 is 4.90 Å². The highest BCUT2D eigenvalue weighted by molar-refractivity contribution is 5.52. The van der Waals surface area contributed by atoms with Crippen LogP contribution in [0, 0.1) is 0 Å². The van der Waals surface area contributed by atoms with Gasteiger partial charge in [-0.2, -0.15) is 0 Å². The molecule has 3 heteroatoms. The van der Waals surface area contributed by atoms with E-state index in [2.05, 4.69) is 23.4 Å². The number of pyridine rings is 1. The molecule has 82 valence electrons. The normalized spacial score (nSPS) is 10.1. The smallest absolute Gasteiger partial charge is 0.0717 e. The first kappa shape index (κ1) is 11.7. The van der Waals surface area contributed by atoms with E-state index in [1.807, 2.05) is 13.0 Å². The van der Waals surface area contributed by atoms with Crippen LogP contribution in [-0.4, -0.2) is 23.2 Å². The van der Waals surface area contributed by atoms with Crippen LogP contribution in [0.25, 0.3) is 0 Å². The van der Waals surface area contributed by atoms with Crippen molar-refractivity contribution in [3.63, 3.8) is 0 Å². The van der Waals surface area contributed by atoms with Gasteiger partial charge in [-0.05, 0) is 19.9 Å². The molecule has 15 heavy (non-hydrogen) atoms. The summed E-state index contributed by atoms with van der Waals surface area (Å²) in [6.45, 7) is 9.72. The van der Waals surface area contributed by atoms with Gasteiger partial charge in [-0.1, -0.05) is 12.2 Å². The highest BCUT2D eigenvalue weighted by atomic mass is 16.3. The van der Waals surface area contributed by atoms with Gasteiger partial charge in [-0.3, -0.25) is 4.98 Å². The van der Waals surface area contributed by atoms with Gasteiger partial charge in [0.25, 0.3) is 0 Å². The molecule has 0 saturated carbocycles. The number of nitrogens with zero attached hydrogens (tertiary/aromatic N) is 2. The Morgan fingerprint density at radius 1 is 1.60 bits per heavy atom. The van der Waals surface area contributed by atoms with E-state index in [-0.39, 0.29) is 6.61 Å². The molecule has 0 atom stereocenters. The quantitative estimate of drug-likeness (QED) is 0.748. The number of aromatic nitrogens is 1. The van der Waals surface area contributed by atoms with Crippen molar-refractivity contribution in [2.45, 2.75) is 20.5 Å². The fourth-order valence-electron chi connectivity index (χ4n) is 1.54. The lowest BCUT2D eigenvalue weighted by molar-refractivity contribution is 0.281. The molecule has 0 bridgehead atoms. The Balaban J connectivity index is 2.95. The van der Waals surface area contributed by atoms with Gasteiger partial charge in [-0.25, -0.2) is 0 Å². The number of aliphatic hydroxyl groups is 1. The summed E-state index contributed by atoms with van der Waals surface area (Å²) in [7, 11) is 0. The number of aliphatic hydroxyl groups excluding tert-OH is 1. The first-order chi connectivity index (χ1) is 7.19. The standard InChI is InChI=1S/C12H18N2O/c1-4-14(8-10(2)3)12-5-6-13-7-11(12)9-15/h5-7,15H,2,4,8-9H2,1,3H3. The number of hydrogen-bond donors (Lipinski definition) is 1. The molecule has 3 nitrogen and oxygen atoms in total. The van der Waals surface area contributed by atoms with Crippen molar-refractivity contribution in [1.29, 1.82) is 0 Å². The second kappa shape index (κ2) is 5.51. The molecule has 1 aromatic heterocycles. The molecule has 1 aromatic rings. The third kappa shape index (κ3) is 3.06. The summed E-state index contributed by atoms with van der Waals surface area (Å²) in [6, 6.07) is 1.93. The van der Waals surface area contributed by atoms with Crippen LogP contribution in [0.5, 0.6) is 0 Å². The van der Waals surface area contributed by atoms with Crippen molar-refractivity contribution in [3.05, 3.63) is 36.2 Å². The Kier molecular flexibility index (Phi) is 4.31. The minimum absolute atomic E-state index is 0.0237. The van der Waals surface area contributed by atoms with Crippen LogP contribution in [0.3, 0.4) is 0 Å². The topological polar surface area (TPSA) is 36.4 Å². The van der Waals surface area contributed by atoms with Gasteiger partial charge in [0.2, 0.25) is 0 Å². The maximum absolute atomic E-state index is 9.21. The second-order valence-electron chi connectivity index (χ2n) is 3.63. The summed E-state index contributed by atoms with van der Waals surface area (Å²) in [5.41, 5.74) is 3.01. The van der Waals surface area contributed by atoms with Crippen molar-refractivity contribution in [3.8, 4) is 0 Å². The zero-order chi connectivity index (χ0) is 11.3. The predicted octanol–water partition coefficient (Wildman–Crippen LogP) is 1.98. The van der Waals surface area contributed by atoms with E-state index in [4.69, 9.17) is 0 Å². The Bertz CT molecular complexity index is 336. The van der Waals surface area contributed by atoms with Crippen molar-refractivity contribution in [2.75, 3.05) is 18.0 Å². The predicted molar refractivity (Wildman–Crippen MR) is 62.9 cm³/mol. The molecule has 1 heterocycles. The molecule has 1 rings (SSSR count). The Morgan fingerprint density at radius 2 is 2.33 bits per heavy atom. The van der Waals surface area contributed by atoms with Crippen molar-refractivity contribution in [1.82, 2.24) is 4.98 Å². The highest BCUT2D eigenvalue weighted by Crippen LogP contribution is 2.19. The lowest BCUT2D eigenvalue weighted by Crippen LogP contribution is -2.25. The number of rotatable bonds is 5. The molecule has 0 aromatic carbocycles. The van der Waals surface area contributed by atoms with Gasteiger partial charge < -0.3 is 10.0 Å². The van der Waals surface area contributed by atoms with Crippen LogP contribution in [0.2, 0.25) is 0 Å². The molecule has 0 aliphatic carbocycles. The summed E-state index contributed by atoms with van der Waals surface area (Å²) < 4.78 is 0. The second-order valence-corrected chi connectivity index (χ2v) is 3.63. The lowest BCUT2D eigenvalue weighted by Gasteiger charge is -2.25. The summed E-state index contributed by atoms with van der Waals surface area (Å²) in [6.07, 6.45) is 3.45. The van der Waals surface area contributed by atoms with E-state index < -0.39 is 0 Å². The molecule has 0 unspecified atom stereocenters. The molecular weight excluding hydrogens is 188 g/mol. The zero-order valence-corrected chi connectivity index (χ0v) is 9.40. The summed E-state index contributed by atoms with van der Waals surface area (Å²) in [5, 5.41) is 9.21. The number of anilines is 1. The van der Waals surface area contributed by atoms with E-state index in [0.717, 1.165) is 29.9 Å². The number of likely N-dealkylation sites (N-methyl/N-ethyl adjacent to an activating group) is 1. The van der Waals surface area contributed by atoms with Crippen LogP contribution >= 0.6 is 0 Å². The van der Waals surface area contributed by atoms with Gasteiger partial charge in [0.15, 0.2) is 0 Å². The lowest BCUT2D eigenvalue weighted by atomic mass is 10.2. The highest BCUT2D eigenvalue weighted by Gasteiger charge is 2.08. The average molecular weight is 206 g/mol. The molecular formula is C12H18N2O. The van der Waals surface area contributed by atoms with Crippen molar-refractivity contribution >= 4 is 5.69 Å². The van der Waals surface area contributed by atoms with Crippen LogP contribution in [0.1, 0.15) is 19.4 Å². The molecule has 0 fully saturated rings. The van der Waals surface area contributed by atoms with Crippen molar-refractivity contribution < 1.29 is 5.11 Å². The van der Waals surface area contributed by atoms with Crippen molar-refractivity contribution in [2.24, 2.45) is 0 Å². The Hall–Kier alpha value is -1.35. The van der Waals surface area contributed by atoms with Crippen LogP contribution in [0.15, 0.2) is 30.6 Å². The maximum Gasteiger partial charge on any atom is 0.0717 e. The third-order valence-electron chi connectivity index (χ3n) is 2.23.